The van der Waals surface area contributed by atoms with Crippen molar-refractivity contribution in [1.82, 2.24) is 5.32 Å². The average molecular weight is 262 g/mol. The van der Waals surface area contributed by atoms with Gasteiger partial charge in [0.2, 0.25) is 5.91 Å². The summed E-state index contributed by atoms with van der Waals surface area (Å²) in [7, 11) is 0. The Morgan fingerprint density at radius 2 is 2.21 bits per heavy atom. The van der Waals surface area contributed by atoms with Gasteiger partial charge in [-0.1, -0.05) is 30.3 Å². The van der Waals surface area contributed by atoms with Gasteiger partial charge >= 0.3 is 0 Å². The summed E-state index contributed by atoms with van der Waals surface area (Å²) in [6.07, 6.45) is 2.09. The van der Waals surface area contributed by atoms with Crippen LogP contribution in [0.25, 0.3) is 0 Å². The summed E-state index contributed by atoms with van der Waals surface area (Å²) in [4.78, 5) is 12.1. The molecule has 1 amide bonds. The number of amides is 1. The quantitative estimate of drug-likeness (QED) is 0.811. The van der Waals surface area contributed by atoms with Gasteiger partial charge in [-0.3, -0.25) is 4.79 Å². The van der Waals surface area contributed by atoms with Gasteiger partial charge in [0.15, 0.2) is 0 Å². The standard InChI is InChI=1S/C15H22N2O2/c16-10-14(13-4-2-1-3-5-13)15(18)17-8-6-12-7-9-19-11-12/h1-5,12,14H,6-11,16H2,(H,17,18). The molecule has 0 saturated carbocycles. The minimum Gasteiger partial charge on any atom is -0.381 e. The monoisotopic (exact) mass is 262 g/mol. The molecule has 2 atom stereocenters. The average Bonchev–Trinajstić information content (AvgIpc) is 2.94. The molecule has 19 heavy (non-hydrogen) atoms. The van der Waals surface area contributed by atoms with Crippen molar-refractivity contribution in [2.45, 2.75) is 18.8 Å². The number of benzene rings is 1. The zero-order valence-corrected chi connectivity index (χ0v) is 11.2. The summed E-state index contributed by atoms with van der Waals surface area (Å²) in [5.41, 5.74) is 6.70. The lowest BCUT2D eigenvalue weighted by molar-refractivity contribution is -0.122. The molecule has 1 aromatic carbocycles. The third kappa shape index (κ3) is 4.04. The molecule has 1 aromatic rings. The Balaban J connectivity index is 1.80. The molecule has 1 aliphatic heterocycles. The van der Waals surface area contributed by atoms with Crippen molar-refractivity contribution in [2.24, 2.45) is 11.7 Å². The molecule has 2 unspecified atom stereocenters. The Labute approximate surface area is 114 Å². The second kappa shape index (κ2) is 7.26. The lowest BCUT2D eigenvalue weighted by Gasteiger charge is -2.16. The second-order valence-corrected chi connectivity index (χ2v) is 5.01. The van der Waals surface area contributed by atoms with E-state index in [1.165, 1.54) is 0 Å². The molecule has 4 heteroatoms. The first-order chi connectivity index (χ1) is 9.31. The molecule has 4 nitrogen and oxygen atoms in total. The molecule has 0 spiro atoms. The lowest BCUT2D eigenvalue weighted by atomic mass is 9.98. The highest BCUT2D eigenvalue weighted by Crippen LogP contribution is 2.16. The fourth-order valence-corrected chi connectivity index (χ4v) is 2.41. The van der Waals surface area contributed by atoms with Crippen LogP contribution < -0.4 is 11.1 Å². The predicted octanol–water partition coefficient (Wildman–Crippen LogP) is 1.27. The number of carbonyl (C=O) groups is 1. The van der Waals surface area contributed by atoms with Crippen molar-refractivity contribution in [1.29, 1.82) is 0 Å². The van der Waals surface area contributed by atoms with Crippen LogP contribution in [0.2, 0.25) is 0 Å². The summed E-state index contributed by atoms with van der Waals surface area (Å²) >= 11 is 0. The van der Waals surface area contributed by atoms with Crippen LogP contribution in [0.5, 0.6) is 0 Å². The molecular weight excluding hydrogens is 240 g/mol. The van der Waals surface area contributed by atoms with Crippen LogP contribution in [0.1, 0.15) is 24.3 Å². The fourth-order valence-electron chi connectivity index (χ4n) is 2.41. The largest absolute Gasteiger partial charge is 0.381 e. The van der Waals surface area contributed by atoms with Crippen LogP contribution >= 0.6 is 0 Å². The van der Waals surface area contributed by atoms with E-state index in [1.54, 1.807) is 0 Å². The van der Waals surface area contributed by atoms with Crippen LogP contribution in [0.3, 0.4) is 0 Å². The summed E-state index contributed by atoms with van der Waals surface area (Å²) in [6.45, 7) is 2.72. The first-order valence-corrected chi connectivity index (χ1v) is 6.91. The number of nitrogens with two attached hydrogens (primary N) is 1. The lowest BCUT2D eigenvalue weighted by Crippen LogP contribution is -2.34. The van der Waals surface area contributed by atoms with Crippen molar-refractivity contribution in [3.05, 3.63) is 35.9 Å². The van der Waals surface area contributed by atoms with Crippen molar-refractivity contribution >= 4 is 5.91 Å². The fraction of sp³-hybridized carbons (Fsp3) is 0.533. The highest BCUT2D eigenvalue weighted by Gasteiger charge is 2.19. The van der Waals surface area contributed by atoms with Crippen LogP contribution in [0, 0.1) is 5.92 Å². The number of rotatable bonds is 6. The zero-order chi connectivity index (χ0) is 13.5. The van der Waals surface area contributed by atoms with Crippen LogP contribution in [0.4, 0.5) is 0 Å². The van der Waals surface area contributed by atoms with E-state index >= 15 is 0 Å². The van der Waals surface area contributed by atoms with E-state index in [9.17, 15) is 4.79 Å². The number of carbonyl (C=O) groups excluding carboxylic acids is 1. The van der Waals surface area contributed by atoms with Crippen molar-refractivity contribution in [3.8, 4) is 0 Å². The summed E-state index contributed by atoms with van der Waals surface area (Å²) in [5.74, 6) is 0.363. The van der Waals surface area contributed by atoms with E-state index in [0.29, 0.717) is 19.0 Å². The molecule has 104 valence electrons. The SMILES string of the molecule is NCC(C(=O)NCCC1CCOC1)c1ccccc1. The molecule has 0 bridgehead atoms. The van der Waals surface area contributed by atoms with E-state index in [4.69, 9.17) is 10.5 Å². The van der Waals surface area contributed by atoms with Crippen LogP contribution in [-0.2, 0) is 9.53 Å². The smallest absolute Gasteiger partial charge is 0.228 e. The molecule has 3 N–H and O–H groups in total. The topological polar surface area (TPSA) is 64.4 Å². The van der Waals surface area contributed by atoms with Gasteiger partial charge in [0, 0.05) is 26.3 Å². The minimum absolute atomic E-state index is 0.0209. The molecule has 2 rings (SSSR count). The Hall–Kier alpha value is -1.39. The summed E-state index contributed by atoms with van der Waals surface area (Å²) in [6, 6.07) is 9.70. The van der Waals surface area contributed by atoms with Crippen molar-refractivity contribution in [2.75, 3.05) is 26.3 Å². The third-order valence-corrected chi connectivity index (χ3v) is 3.63. The molecule has 1 aliphatic rings. The van der Waals surface area contributed by atoms with E-state index < -0.39 is 0 Å². The van der Waals surface area contributed by atoms with Crippen molar-refractivity contribution < 1.29 is 9.53 Å². The van der Waals surface area contributed by atoms with E-state index in [1.807, 2.05) is 30.3 Å². The normalized spacial score (nSPS) is 20.2. The Morgan fingerprint density at radius 3 is 2.84 bits per heavy atom. The molecule has 0 aliphatic carbocycles. The molecule has 1 saturated heterocycles. The molecule has 1 fully saturated rings. The Bertz CT molecular complexity index is 388. The summed E-state index contributed by atoms with van der Waals surface area (Å²) < 4.78 is 5.32. The molecule has 0 radical (unpaired) electrons. The number of hydrogen-bond acceptors (Lipinski definition) is 3. The van der Waals surface area contributed by atoms with Crippen molar-refractivity contribution in [3.63, 3.8) is 0 Å². The van der Waals surface area contributed by atoms with Gasteiger partial charge < -0.3 is 15.8 Å². The number of ether oxygens (including phenoxy) is 1. The van der Waals surface area contributed by atoms with Gasteiger partial charge in [-0.25, -0.2) is 0 Å². The maximum Gasteiger partial charge on any atom is 0.228 e. The molecule has 0 aromatic heterocycles. The number of hydrogen-bond donors (Lipinski definition) is 2. The van der Waals surface area contributed by atoms with Gasteiger partial charge in [0.05, 0.1) is 5.92 Å². The number of nitrogens with one attached hydrogen (secondary N) is 1. The molecular formula is C15H22N2O2. The highest BCUT2D eigenvalue weighted by molar-refractivity contribution is 5.83. The maximum atomic E-state index is 12.1. The second-order valence-electron chi connectivity index (χ2n) is 5.01. The van der Waals surface area contributed by atoms with Gasteiger partial charge in [0.25, 0.3) is 0 Å². The van der Waals surface area contributed by atoms with Gasteiger partial charge in [-0.15, -0.1) is 0 Å². The van der Waals surface area contributed by atoms with E-state index in [0.717, 1.165) is 31.6 Å². The Morgan fingerprint density at radius 1 is 1.42 bits per heavy atom. The maximum absolute atomic E-state index is 12.1. The Kier molecular flexibility index (Phi) is 5.36. The van der Waals surface area contributed by atoms with E-state index in [2.05, 4.69) is 5.32 Å². The van der Waals surface area contributed by atoms with Gasteiger partial charge in [-0.05, 0) is 24.3 Å². The predicted molar refractivity (Wildman–Crippen MR) is 74.8 cm³/mol. The highest BCUT2D eigenvalue weighted by atomic mass is 16.5. The zero-order valence-electron chi connectivity index (χ0n) is 11.2. The van der Waals surface area contributed by atoms with Crippen LogP contribution in [0.15, 0.2) is 30.3 Å². The van der Waals surface area contributed by atoms with Gasteiger partial charge in [-0.2, -0.15) is 0 Å². The van der Waals surface area contributed by atoms with E-state index in [-0.39, 0.29) is 11.8 Å². The first-order valence-electron chi connectivity index (χ1n) is 6.91. The minimum atomic E-state index is -0.249. The molecule has 1 heterocycles. The van der Waals surface area contributed by atoms with Crippen LogP contribution in [-0.4, -0.2) is 32.2 Å². The first kappa shape index (κ1) is 14.0. The summed E-state index contributed by atoms with van der Waals surface area (Å²) in [5, 5.41) is 2.98. The van der Waals surface area contributed by atoms with Gasteiger partial charge in [0.1, 0.15) is 0 Å². The third-order valence-electron chi connectivity index (χ3n) is 3.63.